The molecule has 1 saturated heterocycles. The molecule has 1 aliphatic heterocycles. The third kappa shape index (κ3) is 3.18. The average Bonchev–Trinajstić information content (AvgIpc) is 3.46. The molecule has 29 heavy (non-hydrogen) atoms. The fourth-order valence-corrected chi connectivity index (χ4v) is 3.33. The Hall–Kier alpha value is -3.81. The molecule has 2 aromatic heterocycles. The van der Waals surface area contributed by atoms with Gasteiger partial charge in [0.2, 0.25) is 0 Å². The predicted molar refractivity (Wildman–Crippen MR) is 98.2 cm³/mol. The highest BCUT2D eigenvalue weighted by atomic mass is 19.1. The van der Waals surface area contributed by atoms with Crippen LogP contribution in [0, 0.1) is 5.82 Å². The molecule has 0 aliphatic carbocycles. The molecular weight excluding hydrogens is 381 g/mol. The van der Waals surface area contributed by atoms with E-state index in [0.717, 1.165) is 6.07 Å². The topological polar surface area (TPSA) is 93.1 Å². The lowest BCUT2D eigenvalue weighted by Gasteiger charge is -2.22. The van der Waals surface area contributed by atoms with Crippen molar-refractivity contribution in [2.45, 2.75) is 12.6 Å². The van der Waals surface area contributed by atoms with Gasteiger partial charge in [-0.2, -0.15) is 0 Å². The molecule has 1 fully saturated rings. The van der Waals surface area contributed by atoms with E-state index in [1.54, 1.807) is 24.3 Å². The van der Waals surface area contributed by atoms with Crippen LogP contribution in [0.1, 0.15) is 23.1 Å². The van der Waals surface area contributed by atoms with Crippen LogP contribution in [0.5, 0.6) is 5.75 Å². The molecular formula is C21H16FNO6. The lowest BCUT2D eigenvalue weighted by atomic mass is 9.99. The number of aliphatic hydroxyl groups is 1. The van der Waals surface area contributed by atoms with Gasteiger partial charge in [0, 0.05) is 5.56 Å². The summed E-state index contributed by atoms with van der Waals surface area (Å²) in [4.78, 5) is 26.7. The van der Waals surface area contributed by atoms with Gasteiger partial charge < -0.3 is 23.6 Å². The van der Waals surface area contributed by atoms with Crippen LogP contribution in [0.3, 0.4) is 0 Å². The first kappa shape index (κ1) is 18.5. The first-order valence-electron chi connectivity index (χ1n) is 8.69. The molecule has 0 radical (unpaired) electrons. The number of halogens is 1. The number of carbonyl (C=O) groups is 2. The number of furan rings is 2. The van der Waals surface area contributed by atoms with Gasteiger partial charge >= 0.3 is 0 Å². The third-order valence-corrected chi connectivity index (χ3v) is 4.68. The number of carbonyl (C=O) groups excluding carboxylic acids is 2. The van der Waals surface area contributed by atoms with Crippen molar-refractivity contribution in [1.82, 2.24) is 4.90 Å². The molecule has 0 spiro atoms. The van der Waals surface area contributed by atoms with Gasteiger partial charge in [0.1, 0.15) is 23.3 Å². The third-order valence-electron chi connectivity index (χ3n) is 4.68. The number of likely N-dealkylation sites (tertiary alicyclic amines) is 1. The first-order chi connectivity index (χ1) is 14.0. The fraction of sp³-hybridized carbons (Fsp3) is 0.143. The van der Waals surface area contributed by atoms with Gasteiger partial charge in [-0.1, -0.05) is 0 Å². The molecule has 1 amide bonds. The molecule has 4 rings (SSSR count). The second kappa shape index (κ2) is 7.31. The Bertz CT molecular complexity index is 1080. The standard InChI is InChI=1S/C21H16FNO6/c1-27-15-7-6-12(10-14(15)22)19(24)17-18(16-5-3-9-29-16)23(21(26)20(17)25)11-13-4-2-8-28-13/h2-10,18,24H,11H2,1H3/b19-17-. The maximum atomic E-state index is 14.1. The number of ether oxygens (including phenoxy) is 1. The van der Waals surface area contributed by atoms with Crippen LogP contribution in [0.25, 0.3) is 5.76 Å². The van der Waals surface area contributed by atoms with Crippen LogP contribution >= 0.6 is 0 Å². The molecule has 7 nitrogen and oxygen atoms in total. The highest BCUT2D eigenvalue weighted by Gasteiger charge is 2.47. The summed E-state index contributed by atoms with van der Waals surface area (Å²) in [6.45, 7) is -0.00328. The quantitative estimate of drug-likeness (QED) is 0.401. The zero-order chi connectivity index (χ0) is 20.5. The minimum atomic E-state index is -0.986. The van der Waals surface area contributed by atoms with Crippen LogP contribution in [-0.2, 0) is 16.1 Å². The fourth-order valence-electron chi connectivity index (χ4n) is 3.33. The molecule has 1 aliphatic rings. The second-order valence-electron chi connectivity index (χ2n) is 6.37. The Morgan fingerprint density at radius 1 is 1.17 bits per heavy atom. The van der Waals surface area contributed by atoms with Gasteiger partial charge in [0.25, 0.3) is 11.7 Å². The maximum Gasteiger partial charge on any atom is 0.296 e. The van der Waals surface area contributed by atoms with Crippen LogP contribution in [-0.4, -0.2) is 28.8 Å². The van der Waals surface area contributed by atoms with Crippen LogP contribution in [0.2, 0.25) is 0 Å². The van der Waals surface area contributed by atoms with Crippen LogP contribution < -0.4 is 4.74 Å². The van der Waals surface area contributed by atoms with Gasteiger partial charge in [-0.25, -0.2) is 4.39 Å². The Balaban J connectivity index is 1.83. The highest BCUT2D eigenvalue weighted by molar-refractivity contribution is 6.46. The predicted octanol–water partition coefficient (Wildman–Crippen LogP) is 3.64. The van der Waals surface area contributed by atoms with E-state index in [9.17, 15) is 19.1 Å². The Morgan fingerprint density at radius 2 is 1.93 bits per heavy atom. The van der Waals surface area contributed by atoms with Gasteiger partial charge in [-0.15, -0.1) is 0 Å². The number of methoxy groups -OCH3 is 1. The van der Waals surface area contributed by atoms with Crippen molar-refractivity contribution in [3.63, 3.8) is 0 Å². The van der Waals surface area contributed by atoms with E-state index < -0.39 is 29.3 Å². The van der Waals surface area contributed by atoms with Crippen molar-refractivity contribution in [3.8, 4) is 5.75 Å². The SMILES string of the molecule is COc1ccc(/C(O)=C2/C(=O)C(=O)N(Cc3ccco3)C2c2ccco2)cc1F. The summed E-state index contributed by atoms with van der Waals surface area (Å²) in [5.41, 5.74) is -0.156. The van der Waals surface area contributed by atoms with Gasteiger partial charge in [-0.3, -0.25) is 9.59 Å². The molecule has 8 heteroatoms. The van der Waals surface area contributed by atoms with Crippen LogP contribution in [0.4, 0.5) is 4.39 Å². The Kier molecular flexibility index (Phi) is 4.67. The Labute approximate surface area is 164 Å². The zero-order valence-electron chi connectivity index (χ0n) is 15.3. The summed E-state index contributed by atoms with van der Waals surface area (Å²) in [6.07, 6.45) is 2.85. The lowest BCUT2D eigenvalue weighted by molar-refractivity contribution is -0.140. The summed E-state index contributed by atoms with van der Waals surface area (Å²) in [7, 11) is 1.31. The number of aliphatic hydroxyl groups excluding tert-OH is 1. The van der Waals surface area contributed by atoms with E-state index in [1.165, 1.54) is 36.7 Å². The summed E-state index contributed by atoms with van der Waals surface area (Å²) in [6, 6.07) is 9.30. The van der Waals surface area contributed by atoms with E-state index in [-0.39, 0.29) is 29.2 Å². The summed E-state index contributed by atoms with van der Waals surface area (Å²) < 4.78 is 29.7. The van der Waals surface area contributed by atoms with E-state index in [4.69, 9.17) is 13.6 Å². The molecule has 1 N–H and O–H groups in total. The number of ketones is 1. The van der Waals surface area contributed by atoms with Crippen molar-refractivity contribution < 1.29 is 32.7 Å². The number of hydrogen-bond acceptors (Lipinski definition) is 6. The normalized spacial score (nSPS) is 18.4. The molecule has 1 atom stereocenters. The summed E-state index contributed by atoms with van der Waals surface area (Å²) in [5, 5.41) is 10.8. The van der Waals surface area contributed by atoms with E-state index in [0.29, 0.717) is 5.76 Å². The minimum absolute atomic E-state index is 0.00328. The van der Waals surface area contributed by atoms with Crippen molar-refractivity contribution >= 4 is 17.4 Å². The van der Waals surface area contributed by atoms with Gasteiger partial charge in [0.15, 0.2) is 11.6 Å². The number of amides is 1. The second-order valence-corrected chi connectivity index (χ2v) is 6.37. The van der Waals surface area contributed by atoms with Crippen molar-refractivity contribution in [2.24, 2.45) is 0 Å². The molecule has 3 aromatic rings. The maximum absolute atomic E-state index is 14.1. The molecule has 148 valence electrons. The van der Waals surface area contributed by atoms with Crippen LogP contribution in [0.15, 0.2) is 69.4 Å². The van der Waals surface area contributed by atoms with Gasteiger partial charge in [-0.05, 0) is 42.5 Å². The monoisotopic (exact) mass is 397 g/mol. The molecule has 1 unspecified atom stereocenters. The first-order valence-corrected chi connectivity index (χ1v) is 8.69. The molecule has 3 heterocycles. The largest absolute Gasteiger partial charge is 0.507 e. The molecule has 0 bridgehead atoms. The van der Waals surface area contributed by atoms with E-state index in [1.807, 2.05) is 0 Å². The van der Waals surface area contributed by atoms with Crippen molar-refractivity contribution in [1.29, 1.82) is 0 Å². The zero-order valence-corrected chi connectivity index (χ0v) is 15.3. The molecule has 0 saturated carbocycles. The number of Topliss-reactive ketones (excluding diaryl/α,β-unsaturated/α-hetero) is 1. The lowest BCUT2D eigenvalue weighted by Crippen LogP contribution is -2.28. The van der Waals surface area contributed by atoms with E-state index in [2.05, 4.69) is 0 Å². The van der Waals surface area contributed by atoms with Crippen molar-refractivity contribution in [2.75, 3.05) is 7.11 Å². The van der Waals surface area contributed by atoms with Crippen molar-refractivity contribution in [3.05, 3.63) is 83.5 Å². The number of rotatable bonds is 5. The van der Waals surface area contributed by atoms with Gasteiger partial charge in [0.05, 0.1) is 31.8 Å². The average molecular weight is 397 g/mol. The number of hydrogen-bond donors (Lipinski definition) is 1. The highest BCUT2D eigenvalue weighted by Crippen LogP contribution is 2.40. The minimum Gasteiger partial charge on any atom is -0.507 e. The smallest absolute Gasteiger partial charge is 0.296 e. The molecule has 1 aromatic carbocycles. The Morgan fingerprint density at radius 3 is 2.55 bits per heavy atom. The summed E-state index contributed by atoms with van der Waals surface area (Å²) in [5.74, 6) is -2.21. The number of benzene rings is 1. The van der Waals surface area contributed by atoms with E-state index >= 15 is 0 Å². The number of nitrogens with zero attached hydrogens (tertiary/aromatic N) is 1. The summed E-state index contributed by atoms with van der Waals surface area (Å²) >= 11 is 0.